The van der Waals surface area contributed by atoms with E-state index in [0.717, 1.165) is 49.2 Å². The van der Waals surface area contributed by atoms with Gasteiger partial charge in [0.15, 0.2) is 5.69 Å². The Hall–Kier alpha value is -2.19. The van der Waals surface area contributed by atoms with Gasteiger partial charge in [0.05, 0.1) is 11.2 Å². The number of aromatic nitrogens is 2. The number of hydrogen-bond acceptors (Lipinski definition) is 5. The molecule has 0 amide bonds. The lowest BCUT2D eigenvalue weighted by atomic mass is 9.82. The fourth-order valence-electron chi connectivity index (χ4n) is 2.65. The van der Waals surface area contributed by atoms with Crippen molar-refractivity contribution in [3.05, 3.63) is 30.0 Å². The van der Waals surface area contributed by atoms with Crippen molar-refractivity contribution >= 4 is 16.6 Å². The molecule has 0 atom stereocenters. The number of anilines is 1. The molecule has 1 aromatic carbocycles. The Morgan fingerprint density at radius 3 is 2.81 bits per heavy atom. The van der Waals surface area contributed by atoms with Gasteiger partial charge >= 0.3 is 0 Å². The minimum atomic E-state index is 0.190. The van der Waals surface area contributed by atoms with E-state index in [1.54, 1.807) is 0 Å². The zero-order chi connectivity index (χ0) is 14.7. The van der Waals surface area contributed by atoms with E-state index in [0.29, 0.717) is 5.69 Å². The molecule has 1 aromatic heterocycles. The molecule has 2 aromatic rings. The van der Waals surface area contributed by atoms with Gasteiger partial charge in [-0.15, -0.1) is 10.2 Å². The molecule has 0 bridgehead atoms. The third kappa shape index (κ3) is 2.81. The summed E-state index contributed by atoms with van der Waals surface area (Å²) in [7, 11) is 0. The van der Waals surface area contributed by atoms with Crippen LogP contribution in [0.5, 0.6) is 0 Å². The average molecular weight is 282 g/mol. The fraction of sp³-hybridized carbons (Fsp3) is 0.438. The second-order valence-electron chi connectivity index (χ2n) is 5.83. The molecule has 1 fully saturated rings. The second-order valence-corrected chi connectivity index (χ2v) is 5.83. The largest absolute Gasteiger partial charge is 0.382 e. The SMILES string of the molecule is CC1(CNc2c(C#N)nnc3ccccc23)CCOCC1. The van der Waals surface area contributed by atoms with Gasteiger partial charge in [-0.25, -0.2) is 0 Å². The van der Waals surface area contributed by atoms with Crippen LogP contribution < -0.4 is 5.32 Å². The molecule has 1 aliphatic heterocycles. The average Bonchev–Trinajstić information content (AvgIpc) is 2.53. The van der Waals surface area contributed by atoms with Crippen LogP contribution in [-0.4, -0.2) is 30.0 Å². The Labute approximate surface area is 123 Å². The summed E-state index contributed by atoms with van der Waals surface area (Å²) in [5.41, 5.74) is 2.13. The summed E-state index contributed by atoms with van der Waals surface area (Å²) in [6.07, 6.45) is 2.05. The minimum absolute atomic E-state index is 0.190. The first-order valence-electron chi connectivity index (χ1n) is 7.19. The molecule has 5 nitrogen and oxygen atoms in total. The van der Waals surface area contributed by atoms with Gasteiger partial charge in [0.25, 0.3) is 0 Å². The van der Waals surface area contributed by atoms with Crippen LogP contribution in [0.25, 0.3) is 10.9 Å². The Bertz CT molecular complexity index is 686. The molecular formula is C16H18N4O. The lowest BCUT2D eigenvalue weighted by Crippen LogP contribution is -2.33. The van der Waals surface area contributed by atoms with Gasteiger partial charge in [0.2, 0.25) is 0 Å². The van der Waals surface area contributed by atoms with Gasteiger partial charge in [-0.05, 0) is 24.3 Å². The third-order valence-electron chi connectivity index (χ3n) is 4.17. The molecule has 1 N–H and O–H groups in total. The maximum atomic E-state index is 9.27. The van der Waals surface area contributed by atoms with Gasteiger partial charge in [-0.1, -0.05) is 25.1 Å². The first-order valence-corrected chi connectivity index (χ1v) is 7.19. The summed E-state index contributed by atoms with van der Waals surface area (Å²) in [4.78, 5) is 0. The Morgan fingerprint density at radius 2 is 2.05 bits per heavy atom. The molecule has 5 heteroatoms. The fourth-order valence-corrected chi connectivity index (χ4v) is 2.65. The highest BCUT2D eigenvalue weighted by Crippen LogP contribution is 2.31. The molecule has 3 rings (SSSR count). The predicted octanol–water partition coefficient (Wildman–Crippen LogP) is 2.73. The van der Waals surface area contributed by atoms with Crippen molar-refractivity contribution < 1.29 is 4.74 Å². The third-order valence-corrected chi connectivity index (χ3v) is 4.17. The monoisotopic (exact) mass is 282 g/mol. The number of nitriles is 1. The molecule has 0 aliphatic carbocycles. The van der Waals surface area contributed by atoms with Crippen molar-refractivity contribution in [2.75, 3.05) is 25.1 Å². The van der Waals surface area contributed by atoms with Crippen molar-refractivity contribution in [3.63, 3.8) is 0 Å². The van der Waals surface area contributed by atoms with Gasteiger partial charge in [-0.3, -0.25) is 0 Å². The molecule has 0 radical (unpaired) electrons. The number of benzene rings is 1. The maximum absolute atomic E-state index is 9.27. The van der Waals surface area contributed by atoms with E-state index in [1.165, 1.54) is 0 Å². The van der Waals surface area contributed by atoms with Crippen LogP contribution in [0.4, 0.5) is 5.69 Å². The normalized spacial score (nSPS) is 17.3. The molecule has 1 aliphatic rings. The lowest BCUT2D eigenvalue weighted by molar-refractivity contribution is 0.0300. The van der Waals surface area contributed by atoms with Crippen LogP contribution in [0.15, 0.2) is 24.3 Å². The highest BCUT2D eigenvalue weighted by atomic mass is 16.5. The van der Waals surface area contributed by atoms with Crippen molar-refractivity contribution in [1.82, 2.24) is 10.2 Å². The van der Waals surface area contributed by atoms with Crippen LogP contribution in [0.2, 0.25) is 0 Å². The zero-order valence-electron chi connectivity index (χ0n) is 12.1. The molecule has 0 unspecified atom stereocenters. The van der Waals surface area contributed by atoms with Gasteiger partial charge in [-0.2, -0.15) is 5.26 Å². The van der Waals surface area contributed by atoms with E-state index >= 15 is 0 Å². The predicted molar refractivity (Wildman–Crippen MR) is 80.9 cm³/mol. The number of rotatable bonds is 3. The minimum Gasteiger partial charge on any atom is -0.382 e. The van der Waals surface area contributed by atoms with Crippen molar-refractivity contribution in [1.29, 1.82) is 5.26 Å². The number of fused-ring (bicyclic) bond motifs is 1. The highest BCUT2D eigenvalue weighted by Gasteiger charge is 2.27. The van der Waals surface area contributed by atoms with Crippen molar-refractivity contribution in [2.24, 2.45) is 5.41 Å². The van der Waals surface area contributed by atoms with E-state index in [-0.39, 0.29) is 5.41 Å². The molecular weight excluding hydrogens is 264 g/mol. The topological polar surface area (TPSA) is 70.8 Å². The smallest absolute Gasteiger partial charge is 0.186 e. The van der Waals surface area contributed by atoms with Crippen molar-refractivity contribution in [3.8, 4) is 6.07 Å². The molecule has 0 spiro atoms. The highest BCUT2D eigenvalue weighted by molar-refractivity contribution is 5.92. The lowest BCUT2D eigenvalue weighted by Gasteiger charge is -2.34. The molecule has 2 heterocycles. The van der Waals surface area contributed by atoms with Crippen LogP contribution >= 0.6 is 0 Å². The van der Waals surface area contributed by atoms with Gasteiger partial charge in [0.1, 0.15) is 6.07 Å². The van der Waals surface area contributed by atoms with Crippen LogP contribution in [0.3, 0.4) is 0 Å². The zero-order valence-corrected chi connectivity index (χ0v) is 12.1. The van der Waals surface area contributed by atoms with E-state index in [1.807, 2.05) is 24.3 Å². The Balaban J connectivity index is 1.90. The first kappa shape index (κ1) is 13.8. The summed E-state index contributed by atoms with van der Waals surface area (Å²) in [5.74, 6) is 0. The Morgan fingerprint density at radius 1 is 1.29 bits per heavy atom. The molecule has 1 saturated heterocycles. The molecule has 0 saturated carbocycles. The number of nitrogens with one attached hydrogen (secondary N) is 1. The van der Waals surface area contributed by atoms with E-state index in [9.17, 15) is 5.26 Å². The summed E-state index contributed by atoms with van der Waals surface area (Å²) in [5, 5.41) is 21.8. The summed E-state index contributed by atoms with van der Waals surface area (Å²) in [6.45, 7) is 4.67. The molecule has 108 valence electrons. The molecule has 21 heavy (non-hydrogen) atoms. The first-order chi connectivity index (χ1) is 10.2. The maximum Gasteiger partial charge on any atom is 0.186 e. The van der Waals surface area contributed by atoms with Gasteiger partial charge in [0, 0.05) is 25.1 Å². The summed E-state index contributed by atoms with van der Waals surface area (Å²) < 4.78 is 5.43. The van der Waals surface area contributed by atoms with E-state index < -0.39 is 0 Å². The Kier molecular flexibility index (Phi) is 3.72. The summed E-state index contributed by atoms with van der Waals surface area (Å²) in [6, 6.07) is 9.88. The number of ether oxygens (including phenoxy) is 1. The van der Waals surface area contributed by atoms with Crippen LogP contribution in [0.1, 0.15) is 25.5 Å². The standard InChI is InChI=1S/C16H18N4O/c1-16(6-8-21-9-7-16)11-18-15-12-4-2-3-5-13(12)19-20-14(15)10-17/h2-5H,6-9,11H2,1H3,(H,18,19). The summed E-state index contributed by atoms with van der Waals surface area (Å²) >= 11 is 0. The van der Waals surface area contributed by atoms with Gasteiger partial charge < -0.3 is 10.1 Å². The van der Waals surface area contributed by atoms with Crippen molar-refractivity contribution in [2.45, 2.75) is 19.8 Å². The number of nitrogens with zero attached hydrogens (tertiary/aromatic N) is 3. The van der Waals surface area contributed by atoms with Crippen LogP contribution in [0, 0.1) is 16.7 Å². The quantitative estimate of drug-likeness (QED) is 0.937. The van der Waals surface area contributed by atoms with E-state index in [4.69, 9.17) is 4.74 Å². The second kappa shape index (κ2) is 5.66. The van der Waals surface area contributed by atoms with E-state index in [2.05, 4.69) is 28.5 Å². The number of hydrogen-bond donors (Lipinski definition) is 1. The van der Waals surface area contributed by atoms with Crippen LogP contribution in [-0.2, 0) is 4.74 Å².